The van der Waals surface area contributed by atoms with Crippen LogP contribution in [0.25, 0.3) is 11.0 Å². The molecule has 0 spiro atoms. The number of benzene rings is 1. The predicted octanol–water partition coefficient (Wildman–Crippen LogP) is 3.68. The monoisotopic (exact) mass is 332 g/mol. The van der Waals surface area contributed by atoms with Crippen LogP contribution in [0.2, 0.25) is 0 Å². The number of fused-ring (bicyclic) bond motifs is 1. The van der Waals surface area contributed by atoms with E-state index in [4.69, 9.17) is 0 Å². The zero-order chi connectivity index (χ0) is 15.5. The number of amides is 1. The van der Waals surface area contributed by atoms with E-state index in [-0.39, 0.29) is 5.91 Å². The van der Waals surface area contributed by atoms with Gasteiger partial charge in [-0.25, -0.2) is 9.97 Å². The maximum atomic E-state index is 11.5. The maximum Gasteiger partial charge on any atom is 0.225 e. The van der Waals surface area contributed by atoms with Crippen molar-refractivity contribution in [1.82, 2.24) is 15.0 Å². The molecule has 0 unspecified atom stereocenters. The fourth-order valence-electron chi connectivity index (χ4n) is 2.12. The van der Waals surface area contributed by atoms with Crippen LogP contribution >= 0.6 is 23.1 Å². The molecule has 5 nitrogen and oxygen atoms in total. The van der Waals surface area contributed by atoms with Crippen LogP contribution in [0.5, 0.6) is 0 Å². The number of carbonyl (C=O) groups excluding carboxylic acids is 1. The summed E-state index contributed by atoms with van der Waals surface area (Å²) >= 11 is 3.12. The van der Waals surface area contributed by atoms with Crippen LogP contribution in [0.3, 0.4) is 0 Å². The summed E-state index contributed by atoms with van der Waals surface area (Å²) in [6.07, 6.45) is 0. The first-order valence-electron chi connectivity index (χ1n) is 6.97. The van der Waals surface area contributed by atoms with Gasteiger partial charge in [0, 0.05) is 24.6 Å². The molecule has 0 aliphatic carbocycles. The van der Waals surface area contributed by atoms with Gasteiger partial charge in [0.15, 0.2) is 10.3 Å². The van der Waals surface area contributed by atoms with Crippen LogP contribution in [0, 0.1) is 0 Å². The molecule has 3 aromatic rings. The van der Waals surface area contributed by atoms with Crippen molar-refractivity contribution in [3.8, 4) is 0 Å². The Labute approximate surface area is 136 Å². The number of rotatable bonds is 5. The van der Waals surface area contributed by atoms with Gasteiger partial charge in [-0.3, -0.25) is 9.69 Å². The summed E-state index contributed by atoms with van der Waals surface area (Å²) < 4.78 is 0. The van der Waals surface area contributed by atoms with Crippen LogP contribution in [-0.4, -0.2) is 27.4 Å². The van der Waals surface area contributed by atoms with Gasteiger partial charge in [-0.1, -0.05) is 23.9 Å². The van der Waals surface area contributed by atoms with Gasteiger partial charge in [-0.2, -0.15) is 0 Å². The highest BCUT2D eigenvalue weighted by molar-refractivity contribution is 7.98. The van der Waals surface area contributed by atoms with E-state index in [9.17, 15) is 4.79 Å². The molecule has 0 aliphatic rings. The van der Waals surface area contributed by atoms with Gasteiger partial charge < -0.3 is 4.98 Å². The van der Waals surface area contributed by atoms with E-state index in [1.165, 1.54) is 11.3 Å². The maximum absolute atomic E-state index is 11.5. The third-order valence-corrected chi connectivity index (χ3v) is 5.01. The average Bonchev–Trinajstić information content (AvgIpc) is 3.11. The lowest BCUT2D eigenvalue weighted by Gasteiger charge is -2.14. The number of hydrogen-bond donors (Lipinski definition) is 1. The van der Waals surface area contributed by atoms with Gasteiger partial charge in [0.2, 0.25) is 5.91 Å². The van der Waals surface area contributed by atoms with E-state index in [0.717, 1.165) is 32.8 Å². The smallest absolute Gasteiger partial charge is 0.225 e. The van der Waals surface area contributed by atoms with Crippen molar-refractivity contribution in [2.24, 2.45) is 0 Å². The Morgan fingerprint density at radius 1 is 1.36 bits per heavy atom. The topological polar surface area (TPSA) is 61.9 Å². The van der Waals surface area contributed by atoms with Crippen molar-refractivity contribution in [3.05, 3.63) is 35.3 Å². The summed E-state index contributed by atoms with van der Waals surface area (Å²) in [5.74, 6) is 0.750. The standard InChI is InChI=1S/C15H16N4OS2/c1-3-19(10(2)20)15-16-11(9-22-15)8-21-14-17-12-6-4-5-7-13(12)18-14/h4-7,9H,3,8H2,1-2H3,(H,17,18). The van der Waals surface area contributed by atoms with Crippen molar-refractivity contribution in [3.63, 3.8) is 0 Å². The number of anilines is 1. The highest BCUT2D eigenvalue weighted by Gasteiger charge is 2.13. The number of H-pyrrole nitrogens is 1. The lowest BCUT2D eigenvalue weighted by molar-refractivity contribution is -0.116. The lowest BCUT2D eigenvalue weighted by atomic mass is 10.3. The van der Waals surface area contributed by atoms with Gasteiger partial charge in [0.05, 0.1) is 16.7 Å². The van der Waals surface area contributed by atoms with Crippen molar-refractivity contribution in [2.75, 3.05) is 11.4 Å². The summed E-state index contributed by atoms with van der Waals surface area (Å²) in [5, 5.41) is 3.64. The van der Waals surface area contributed by atoms with E-state index in [1.54, 1.807) is 23.6 Å². The SMILES string of the molecule is CCN(C(C)=O)c1nc(CSc2nc3ccccc3[nH]2)cs1. The second-order valence-electron chi connectivity index (χ2n) is 4.73. The van der Waals surface area contributed by atoms with Crippen LogP contribution in [0.4, 0.5) is 5.13 Å². The fourth-order valence-corrected chi connectivity index (χ4v) is 3.93. The molecule has 0 aliphatic heterocycles. The molecule has 0 atom stereocenters. The van der Waals surface area contributed by atoms with E-state index < -0.39 is 0 Å². The molecule has 1 aromatic carbocycles. The number of thioether (sulfide) groups is 1. The van der Waals surface area contributed by atoms with Gasteiger partial charge >= 0.3 is 0 Å². The zero-order valence-corrected chi connectivity index (χ0v) is 14.0. The van der Waals surface area contributed by atoms with Gasteiger partial charge in [0.25, 0.3) is 0 Å². The third kappa shape index (κ3) is 3.15. The Hall–Kier alpha value is -1.86. The first kappa shape index (κ1) is 15.1. The van der Waals surface area contributed by atoms with E-state index in [2.05, 4.69) is 15.0 Å². The molecule has 114 valence electrons. The molecular formula is C15H16N4OS2. The second kappa shape index (κ2) is 6.50. The Morgan fingerprint density at radius 3 is 2.91 bits per heavy atom. The summed E-state index contributed by atoms with van der Waals surface area (Å²) in [6.45, 7) is 4.15. The van der Waals surface area contributed by atoms with Crippen molar-refractivity contribution < 1.29 is 4.79 Å². The molecule has 0 fully saturated rings. The first-order valence-corrected chi connectivity index (χ1v) is 8.84. The van der Waals surface area contributed by atoms with Gasteiger partial charge in [-0.05, 0) is 19.1 Å². The molecule has 3 rings (SSSR count). The van der Waals surface area contributed by atoms with Crippen LogP contribution in [-0.2, 0) is 10.5 Å². The first-order chi connectivity index (χ1) is 10.7. The molecule has 0 saturated heterocycles. The fraction of sp³-hybridized carbons (Fsp3) is 0.267. The van der Waals surface area contributed by atoms with E-state index >= 15 is 0 Å². The molecule has 2 aromatic heterocycles. The number of nitrogens with one attached hydrogen (secondary N) is 1. The highest BCUT2D eigenvalue weighted by atomic mass is 32.2. The number of hydrogen-bond acceptors (Lipinski definition) is 5. The van der Waals surface area contributed by atoms with Crippen molar-refractivity contribution in [1.29, 1.82) is 0 Å². The Bertz CT molecular complexity index is 763. The number of carbonyl (C=O) groups is 1. The summed E-state index contributed by atoms with van der Waals surface area (Å²) in [4.78, 5) is 25.6. The largest absolute Gasteiger partial charge is 0.333 e. The predicted molar refractivity (Wildman–Crippen MR) is 91.5 cm³/mol. The number of aromatic nitrogens is 3. The summed E-state index contributed by atoms with van der Waals surface area (Å²) in [6, 6.07) is 7.97. The molecule has 0 bridgehead atoms. The zero-order valence-electron chi connectivity index (χ0n) is 12.4. The van der Waals surface area contributed by atoms with Crippen LogP contribution in [0.15, 0.2) is 34.8 Å². The van der Waals surface area contributed by atoms with Crippen LogP contribution < -0.4 is 4.90 Å². The Kier molecular flexibility index (Phi) is 4.44. The molecule has 2 heterocycles. The minimum absolute atomic E-state index is 0.0216. The van der Waals surface area contributed by atoms with Crippen molar-refractivity contribution >= 4 is 45.2 Å². The normalized spacial score (nSPS) is 11.0. The molecule has 0 saturated carbocycles. The molecule has 22 heavy (non-hydrogen) atoms. The average molecular weight is 332 g/mol. The number of aromatic amines is 1. The highest BCUT2D eigenvalue weighted by Crippen LogP contribution is 2.26. The molecule has 1 N–H and O–H groups in total. The van der Waals surface area contributed by atoms with E-state index in [0.29, 0.717) is 6.54 Å². The Morgan fingerprint density at radius 2 is 2.18 bits per heavy atom. The number of para-hydroxylation sites is 2. The van der Waals surface area contributed by atoms with Crippen LogP contribution in [0.1, 0.15) is 19.5 Å². The minimum Gasteiger partial charge on any atom is -0.333 e. The quantitative estimate of drug-likeness (QED) is 0.724. The number of nitrogens with zero attached hydrogens (tertiary/aromatic N) is 3. The van der Waals surface area contributed by atoms with E-state index in [1.807, 2.05) is 36.6 Å². The van der Waals surface area contributed by atoms with Crippen molar-refractivity contribution in [2.45, 2.75) is 24.8 Å². The number of imidazole rings is 1. The summed E-state index contributed by atoms with van der Waals surface area (Å²) in [7, 11) is 0. The van der Waals surface area contributed by atoms with Gasteiger partial charge in [0.1, 0.15) is 0 Å². The molecule has 0 radical (unpaired) electrons. The lowest BCUT2D eigenvalue weighted by Crippen LogP contribution is -2.27. The number of thiazole rings is 1. The molecular weight excluding hydrogens is 316 g/mol. The molecule has 1 amide bonds. The van der Waals surface area contributed by atoms with Gasteiger partial charge in [-0.15, -0.1) is 11.3 Å². The molecule has 7 heteroatoms. The minimum atomic E-state index is 0.0216. The Balaban J connectivity index is 1.69. The summed E-state index contributed by atoms with van der Waals surface area (Å²) in [5.41, 5.74) is 2.97. The second-order valence-corrected chi connectivity index (χ2v) is 6.53. The third-order valence-electron chi connectivity index (χ3n) is 3.19.